The number of nitrogens with zero attached hydrogens (tertiary/aromatic N) is 1. The van der Waals surface area contributed by atoms with Crippen LogP contribution < -0.4 is 5.32 Å². The second-order valence-corrected chi connectivity index (χ2v) is 12.6. The molecular weight excluding hydrogens is 496 g/mol. The van der Waals surface area contributed by atoms with Gasteiger partial charge >= 0.3 is 0 Å². The molecule has 3 aliphatic rings. The van der Waals surface area contributed by atoms with Crippen LogP contribution >= 0.6 is 11.8 Å². The highest BCUT2D eigenvalue weighted by molar-refractivity contribution is 8.18. The van der Waals surface area contributed by atoms with Gasteiger partial charge in [-0.2, -0.15) is 4.99 Å². The summed E-state index contributed by atoms with van der Waals surface area (Å²) in [7, 11) is -3.30. The molecule has 7 nitrogen and oxygen atoms in total. The number of thioether (sulfide) groups is 1. The van der Waals surface area contributed by atoms with Gasteiger partial charge in [0.15, 0.2) is 15.0 Å². The molecule has 188 valence electrons. The first-order valence-corrected chi connectivity index (χ1v) is 14.6. The Balaban J connectivity index is 1.33. The number of hydrogen-bond acceptors (Lipinski definition) is 6. The van der Waals surface area contributed by atoms with E-state index >= 15 is 0 Å². The van der Waals surface area contributed by atoms with Crippen LogP contribution in [0.5, 0.6) is 0 Å². The van der Waals surface area contributed by atoms with Crippen LogP contribution in [0.1, 0.15) is 49.1 Å². The quantitative estimate of drug-likeness (QED) is 0.542. The molecule has 1 saturated heterocycles. The van der Waals surface area contributed by atoms with Crippen LogP contribution in [0.2, 0.25) is 0 Å². The number of carbonyl (C=O) groups excluding carboxylic acids is 2. The molecule has 2 fully saturated rings. The van der Waals surface area contributed by atoms with Gasteiger partial charge in [-0.15, -0.1) is 0 Å². The Morgan fingerprint density at radius 2 is 1.75 bits per heavy atom. The molecule has 9 heteroatoms. The Kier molecular flexibility index (Phi) is 7.41. The first-order valence-electron chi connectivity index (χ1n) is 12.2. The van der Waals surface area contributed by atoms with Crippen molar-refractivity contribution in [3.63, 3.8) is 0 Å². The van der Waals surface area contributed by atoms with Gasteiger partial charge in [0.25, 0.3) is 5.91 Å². The van der Waals surface area contributed by atoms with Crippen molar-refractivity contribution < 1.29 is 22.7 Å². The van der Waals surface area contributed by atoms with Crippen molar-refractivity contribution in [2.45, 2.75) is 48.2 Å². The predicted octanol–water partition coefficient (Wildman–Crippen LogP) is 4.31. The zero-order valence-corrected chi connectivity index (χ0v) is 21.4. The van der Waals surface area contributed by atoms with Crippen molar-refractivity contribution in [3.05, 3.63) is 70.6 Å². The van der Waals surface area contributed by atoms with Gasteiger partial charge in [-0.3, -0.25) is 9.59 Å². The van der Waals surface area contributed by atoms with E-state index in [1.807, 2.05) is 30.3 Å². The number of benzene rings is 2. The third-order valence-electron chi connectivity index (χ3n) is 6.75. The standard InChI is InChI=1S/C27H28N2O5S2/c30-25(28-27-29-26(31)24(35-27)17-18-4-2-1-3-5-18)23(16-19-12-14-34-15-13-19)20-6-8-21(9-7-20)36(32,33)22-10-11-22/h1-9,17,19,22-23H,10-16H2,(H,28,29,30,31)/b24-17-. The monoisotopic (exact) mass is 524 g/mol. The molecule has 1 atom stereocenters. The molecule has 5 rings (SSSR count). The average Bonchev–Trinajstić information content (AvgIpc) is 3.70. The van der Waals surface area contributed by atoms with Gasteiger partial charge in [0, 0.05) is 13.2 Å². The number of aliphatic imine (C=N–C) groups is 1. The molecule has 2 aromatic rings. The molecule has 2 amide bonds. The summed E-state index contributed by atoms with van der Waals surface area (Å²) in [6.45, 7) is 1.34. The van der Waals surface area contributed by atoms with Gasteiger partial charge in [0.1, 0.15) is 0 Å². The Bertz CT molecular complexity index is 1290. The van der Waals surface area contributed by atoms with Gasteiger partial charge in [-0.25, -0.2) is 8.42 Å². The molecule has 0 bridgehead atoms. The van der Waals surface area contributed by atoms with Crippen LogP contribution in [-0.2, 0) is 24.2 Å². The highest BCUT2D eigenvalue weighted by Gasteiger charge is 2.37. The Morgan fingerprint density at radius 1 is 1.06 bits per heavy atom. The Labute approximate surface area is 215 Å². The van der Waals surface area contributed by atoms with E-state index in [4.69, 9.17) is 4.74 Å². The molecule has 0 spiro atoms. The van der Waals surface area contributed by atoms with Crippen molar-refractivity contribution in [3.8, 4) is 0 Å². The fraction of sp³-hybridized carbons (Fsp3) is 0.370. The number of nitrogens with one attached hydrogen (secondary N) is 1. The van der Waals surface area contributed by atoms with E-state index in [1.165, 1.54) is 0 Å². The highest BCUT2D eigenvalue weighted by Crippen LogP contribution is 2.35. The molecule has 2 aliphatic heterocycles. The summed E-state index contributed by atoms with van der Waals surface area (Å²) in [5.74, 6) is -0.807. The van der Waals surface area contributed by atoms with Crippen molar-refractivity contribution in [2.24, 2.45) is 10.9 Å². The van der Waals surface area contributed by atoms with E-state index in [-0.39, 0.29) is 22.2 Å². The van der Waals surface area contributed by atoms with Gasteiger partial charge in [0.05, 0.1) is 21.0 Å². The number of rotatable bonds is 7. The third-order valence-corrected chi connectivity index (χ3v) is 9.93. The minimum atomic E-state index is -3.30. The zero-order chi connectivity index (χ0) is 25.1. The number of amides is 2. The lowest BCUT2D eigenvalue weighted by Crippen LogP contribution is -2.34. The highest BCUT2D eigenvalue weighted by atomic mass is 32.2. The maximum atomic E-state index is 13.5. The largest absolute Gasteiger partial charge is 0.381 e. The fourth-order valence-corrected chi connectivity index (χ4v) is 7.00. The Morgan fingerprint density at radius 3 is 2.42 bits per heavy atom. The number of carbonyl (C=O) groups is 2. The lowest BCUT2D eigenvalue weighted by atomic mass is 9.84. The van der Waals surface area contributed by atoms with Crippen LogP contribution in [0.15, 0.2) is 69.4 Å². The van der Waals surface area contributed by atoms with E-state index in [1.54, 1.807) is 30.3 Å². The normalized spacial score (nSPS) is 20.8. The van der Waals surface area contributed by atoms with E-state index < -0.39 is 15.8 Å². The van der Waals surface area contributed by atoms with E-state index in [9.17, 15) is 18.0 Å². The molecule has 1 aliphatic carbocycles. The summed E-state index contributed by atoms with van der Waals surface area (Å²) in [6, 6.07) is 16.2. The second-order valence-electron chi connectivity index (χ2n) is 9.39. The van der Waals surface area contributed by atoms with E-state index in [2.05, 4.69) is 10.3 Å². The van der Waals surface area contributed by atoms with E-state index in [0.717, 1.165) is 35.7 Å². The van der Waals surface area contributed by atoms with Crippen molar-refractivity contribution in [2.75, 3.05) is 13.2 Å². The topological polar surface area (TPSA) is 102 Å². The van der Waals surface area contributed by atoms with Gasteiger partial charge in [-0.1, -0.05) is 42.5 Å². The van der Waals surface area contributed by atoms with Crippen LogP contribution in [0.25, 0.3) is 6.08 Å². The number of amidine groups is 1. The van der Waals surface area contributed by atoms with Crippen molar-refractivity contribution >= 4 is 44.7 Å². The number of ether oxygens (including phenoxy) is 1. The lowest BCUT2D eigenvalue weighted by molar-refractivity contribution is -0.121. The van der Waals surface area contributed by atoms with Crippen molar-refractivity contribution in [1.29, 1.82) is 0 Å². The van der Waals surface area contributed by atoms with Crippen LogP contribution in [0, 0.1) is 5.92 Å². The van der Waals surface area contributed by atoms with Gasteiger partial charge in [0.2, 0.25) is 5.91 Å². The SMILES string of the molecule is O=C1N=C(NC(=O)C(CC2CCOCC2)c2ccc(S(=O)(=O)C3CC3)cc2)S/C1=C\c1ccccc1. The molecule has 2 heterocycles. The minimum absolute atomic E-state index is 0.251. The third kappa shape index (κ3) is 5.79. The summed E-state index contributed by atoms with van der Waals surface area (Å²) in [5.41, 5.74) is 1.64. The molecule has 1 saturated carbocycles. The second kappa shape index (κ2) is 10.7. The Hall–Kier alpha value is -2.75. The summed E-state index contributed by atoms with van der Waals surface area (Å²) in [5, 5.41) is 2.83. The van der Waals surface area contributed by atoms with E-state index in [0.29, 0.717) is 48.2 Å². The minimum Gasteiger partial charge on any atom is -0.381 e. The summed E-state index contributed by atoms with van der Waals surface area (Å²) in [4.78, 5) is 30.7. The number of sulfone groups is 1. The lowest BCUT2D eigenvalue weighted by Gasteiger charge is -2.26. The first-order chi connectivity index (χ1) is 17.4. The maximum Gasteiger partial charge on any atom is 0.286 e. The van der Waals surface area contributed by atoms with Gasteiger partial charge in [-0.05, 0) is 79.1 Å². The summed E-state index contributed by atoms with van der Waals surface area (Å²) in [6.07, 6.45) is 5.53. The average molecular weight is 525 g/mol. The van der Waals surface area contributed by atoms with Crippen LogP contribution in [0.4, 0.5) is 0 Å². The zero-order valence-electron chi connectivity index (χ0n) is 19.8. The summed E-state index contributed by atoms with van der Waals surface area (Å²) < 4.78 is 30.7. The van der Waals surface area contributed by atoms with Crippen LogP contribution in [0.3, 0.4) is 0 Å². The molecule has 1 N–H and O–H groups in total. The first kappa shape index (κ1) is 24.9. The molecule has 2 aromatic carbocycles. The molecule has 0 radical (unpaired) electrons. The number of hydrogen-bond donors (Lipinski definition) is 1. The molecular formula is C27H28N2O5S2. The van der Waals surface area contributed by atoms with Gasteiger partial charge < -0.3 is 10.1 Å². The molecule has 0 aromatic heterocycles. The molecule has 36 heavy (non-hydrogen) atoms. The smallest absolute Gasteiger partial charge is 0.286 e. The molecule has 1 unspecified atom stereocenters. The van der Waals surface area contributed by atoms with Crippen molar-refractivity contribution in [1.82, 2.24) is 5.32 Å². The van der Waals surface area contributed by atoms with Crippen LogP contribution in [-0.4, -0.2) is 43.9 Å². The predicted molar refractivity (Wildman–Crippen MR) is 140 cm³/mol. The summed E-state index contributed by atoms with van der Waals surface area (Å²) >= 11 is 1.15. The maximum absolute atomic E-state index is 13.5. The fourth-order valence-electron chi connectivity index (χ4n) is 4.53.